The topological polar surface area (TPSA) is 78.0 Å². The highest BCUT2D eigenvalue weighted by molar-refractivity contribution is 5.39. The summed E-state index contributed by atoms with van der Waals surface area (Å²) >= 11 is 0. The average molecular weight is 327 g/mol. The van der Waals surface area contributed by atoms with Crippen molar-refractivity contribution in [3.63, 3.8) is 0 Å². The molecule has 1 atom stereocenters. The number of methoxy groups -OCH3 is 1. The lowest BCUT2D eigenvalue weighted by molar-refractivity contribution is 0.178. The van der Waals surface area contributed by atoms with Gasteiger partial charge in [-0.1, -0.05) is 0 Å². The van der Waals surface area contributed by atoms with Crippen LogP contribution in [-0.4, -0.2) is 33.5 Å². The van der Waals surface area contributed by atoms with Crippen LogP contribution in [0.5, 0.6) is 0 Å². The number of nitrogens with one attached hydrogen (secondary N) is 1. The zero-order chi connectivity index (χ0) is 17.1. The Kier molecular flexibility index (Phi) is 4.61. The fourth-order valence-electron chi connectivity index (χ4n) is 2.57. The maximum atomic E-state index is 5.70. The molecule has 3 aromatic rings. The first-order valence-electron chi connectivity index (χ1n) is 7.74. The van der Waals surface area contributed by atoms with Crippen molar-refractivity contribution in [1.29, 1.82) is 0 Å². The standard InChI is InChI=1S/C17H21N5O2/c1-11-7-12(2)22(21-11)17-9-18-8-16(20-17)19-14(10-23-4)15-6-5-13(3)24-15/h5-9,14H,10H2,1-4H3,(H,19,20)/t14-/m1/s1. The molecular weight excluding hydrogens is 306 g/mol. The quantitative estimate of drug-likeness (QED) is 0.750. The summed E-state index contributed by atoms with van der Waals surface area (Å²) in [6.45, 7) is 6.31. The number of anilines is 1. The van der Waals surface area contributed by atoms with Crippen LogP contribution in [0.2, 0.25) is 0 Å². The molecule has 24 heavy (non-hydrogen) atoms. The summed E-state index contributed by atoms with van der Waals surface area (Å²) in [5, 5.41) is 7.75. The molecule has 7 nitrogen and oxygen atoms in total. The minimum atomic E-state index is -0.145. The van der Waals surface area contributed by atoms with E-state index in [0.717, 1.165) is 22.9 Å². The lowest BCUT2D eigenvalue weighted by Gasteiger charge is -2.16. The first kappa shape index (κ1) is 16.2. The summed E-state index contributed by atoms with van der Waals surface area (Å²) in [5.41, 5.74) is 1.95. The van der Waals surface area contributed by atoms with Gasteiger partial charge >= 0.3 is 0 Å². The molecule has 0 saturated carbocycles. The molecule has 0 radical (unpaired) electrons. The van der Waals surface area contributed by atoms with Crippen molar-refractivity contribution in [2.75, 3.05) is 19.0 Å². The second kappa shape index (κ2) is 6.84. The molecule has 0 bridgehead atoms. The molecule has 0 unspecified atom stereocenters. The third kappa shape index (κ3) is 3.46. The van der Waals surface area contributed by atoms with Crippen LogP contribution < -0.4 is 5.32 Å². The van der Waals surface area contributed by atoms with Gasteiger partial charge in [0, 0.05) is 12.8 Å². The Morgan fingerprint density at radius 2 is 2.08 bits per heavy atom. The van der Waals surface area contributed by atoms with Gasteiger partial charge in [-0.05, 0) is 39.0 Å². The van der Waals surface area contributed by atoms with Crippen LogP contribution in [0, 0.1) is 20.8 Å². The summed E-state index contributed by atoms with van der Waals surface area (Å²) in [4.78, 5) is 8.87. The Labute approximate surface area is 140 Å². The Morgan fingerprint density at radius 1 is 1.25 bits per heavy atom. The van der Waals surface area contributed by atoms with Crippen molar-refractivity contribution < 1.29 is 9.15 Å². The van der Waals surface area contributed by atoms with E-state index in [1.54, 1.807) is 24.2 Å². The summed E-state index contributed by atoms with van der Waals surface area (Å²) in [6.07, 6.45) is 3.36. The highest BCUT2D eigenvalue weighted by Crippen LogP contribution is 2.21. The first-order chi connectivity index (χ1) is 11.6. The van der Waals surface area contributed by atoms with Crippen molar-refractivity contribution in [3.8, 4) is 5.82 Å². The van der Waals surface area contributed by atoms with E-state index >= 15 is 0 Å². The molecule has 0 aliphatic heterocycles. The van der Waals surface area contributed by atoms with E-state index in [0.29, 0.717) is 18.2 Å². The monoisotopic (exact) mass is 327 g/mol. The summed E-state index contributed by atoms with van der Waals surface area (Å²) < 4.78 is 12.8. The molecule has 0 aliphatic rings. The fourth-order valence-corrected chi connectivity index (χ4v) is 2.57. The number of aromatic nitrogens is 4. The predicted octanol–water partition coefficient (Wildman–Crippen LogP) is 2.98. The van der Waals surface area contributed by atoms with Crippen molar-refractivity contribution in [2.24, 2.45) is 0 Å². The largest absolute Gasteiger partial charge is 0.464 e. The van der Waals surface area contributed by atoms with Crippen molar-refractivity contribution in [2.45, 2.75) is 26.8 Å². The van der Waals surface area contributed by atoms with E-state index < -0.39 is 0 Å². The second-order valence-electron chi connectivity index (χ2n) is 5.70. The lowest BCUT2D eigenvalue weighted by Crippen LogP contribution is -2.17. The van der Waals surface area contributed by atoms with Gasteiger partial charge in [0.2, 0.25) is 0 Å². The number of ether oxygens (including phenoxy) is 1. The van der Waals surface area contributed by atoms with Gasteiger partial charge in [-0.2, -0.15) is 5.10 Å². The van der Waals surface area contributed by atoms with Crippen molar-refractivity contribution in [1.82, 2.24) is 19.7 Å². The molecule has 126 valence electrons. The van der Waals surface area contributed by atoms with E-state index in [4.69, 9.17) is 9.15 Å². The Hall–Kier alpha value is -2.67. The molecule has 0 spiro atoms. The number of rotatable bonds is 6. The molecule has 0 fully saturated rings. The van der Waals surface area contributed by atoms with Gasteiger partial charge in [0.05, 0.1) is 24.7 Å². The van der Waals surface area contributed by atoms with Crippen molar-refractivity contribution >= 4 is 5.82 Å². The van der Waals surface area contributed by atoms with Gasteiger partial charge in [0.25, 0.3) is 0 Å². The smallest absolute Gasteiger partial charge is 0.174 e. The minimum absolute atomic E-state index is 0.145. The highest BCUT2D eigenvalue weighted by atomic mass is 16.5. The normalized spacial score (nSPS) is 12.3. The molecular formula is C17H21N5O2. The zero-order valence-electron chi connectivity index (χ0n) is 14.3. The number of nitrogens with zero attached hydrogens (tertiary/aromatic N) is 4. The van der Waals surface area contributed by atoms with Crippen LogP contribution in [0.1, 0.15) is 29.0 Å². The highest BCUT2D eigenvalue weighted by Gasteiger charge is 2.16. The maximum absolute atomic E-state index is 5.70. The fraction of sp³-hybridized carbons (Fsp3) is 0.353. The van der Waals surface area contributed by atoms with Crippen LogP contribution in [0.15, 0.2) is 35.0 Å². The first-order valence-corrected chi connectivity index (χ1v) is 7.74. The van der Waals surface area contributed by atoms with E-state index in [1.165, 1.54) is 0 Å². The molecule has 3 rings (SSSR count). The number of aryl methyl sites for hydroxylation is 3. The Balaban J connectivity index is 1.86. The third-order valence-corrected chi connectivity index (χ3v) is 3.61. The van der Waals surface area contributed by atoms with Gasteiger partial charge in [0.1, 0.15) is 23.4 Å². The predicted molar refractivity (Wildman–Crippen MR) is 90.3 cm³/mol. The molecule has 0 amide bonds. The van der Waals surface area contributed by atoms with Crippen LogP contribution in [0.3, 0.4) is 0 Å². The van der Waals surface area contributed by atoms with Gasteiger partial charge in [0.15, 0.2) is 5.82 Å². The minimum Gasteiger partial charge on any atom is -0.464 e. The molecule has 1 N–H and O–H groups in total. The van der Waals surface area contributed by atoms with Gasteiger partial charge in [-0.3, -0.25) is 4.98 Å². The van der Waals surface area contributed by atoms with Crippen LogP contribution in [0.25, 0.3) is 5.82 Å². The van der Waals surface area contributed by atoms with Gasteiger partial charge in [-0.25, -0.2) is 9.67 Å². The molecule has 7 heteroatoms. The van der Waals surface area contributed by atoms with Gasteiger partial charge in [-0.15, -0.1) is 0 Å². The van der Waals surface area contributed by atoms with Crippen molar-refractivity contribution in [3.05, 3.63) is 53.5 Å². The lowest BCUT2D eigenvalue weighted by atomic mass is 10.2. The maximum Gasteiger partial charge on any atom is 0.174 e. The van der Waals surface area contributed by atoms with E-state index in [2.05, 4.69) is 20.4 Å². The average Bonchev–Trinajstić information content (AvgIpc) is 3.12. The molecule has 0 aliphatic carbocycles. The molecule has 3 aromatic heterocycles. The van der Waals surface area contributed by atoms with Crippen LogP contribution in [-0.2, 0) is 4.74 Å². The Bertz CT molecular complexity index is 824. The molecule has 0 saturated heterocycles. The number of hydrogen-bond donors (Lipinski definition) is 1. The van der Waals surface area contributed by atoms with Gasteiger partial charge < -0.3 is 14.5 Å². The number of furan rings is 1. The molecule has 3 heterocycles. The van der Waals surface area contributed by atoms with E-state index in [9.17, 15) is 0 Å². The summed E-state index contributed by atoms with van der Waals surface area (Å²) in [6, 6.07) is 5.72. The summed E-state index contributed by atoms with van der Waals surface area (Å²) in [7, 11) is 1.66. The Morgan fingerprint density at radius 3 is 2.71 bits per heavy atom. The second-order valence-corrected chi connectivity index (χ2v) is 5.70. The summed E-state index contributed by atoms with van der Waals surface area (Å²) in [5.74, 6) is 2.96. The van der Waals surface area contributed by atoms with E-state index in [1.807, 2.05) is 39.0 Å². The van der Waals surface area contributed by atoms with Crippen LogP contribution >= 0.6 is 0 Å². The number of hydrogen-bond acceptors (Lipinski definition) is 6. The van der Waals surface area contributed by atoms with E-state index in [-0.39, 0.29) is 6.04 Å². The zero-order valence-corrected chi connectivity index (χ0v) is 14.3. The SMILES string of the molecule is COC[C@@H](Nc1cncc(-n2nc(C)cc2C)n1)c1ccc(C)o1. The third-order valence-electron chi connectivity index (χ3n) is 3.61. The molecule has 0 aromatic carbocycles. The van der Waals surface area contributed by atoms with Crippen LogP contribution in [0.4, 0.5) is 5.82 Å².